The Kier molecular flexibility index (Phi) is 7.10. The lowest BCUT2D eigenvalue weighted by Gasteiger charge is -2.11. The molecule has 1 heterocycles. The van der Waals surface area contributed by atoms with Crippen molar-refractivity contribution in [3.63, 3.8) is 0 Å². The van der Waals surface area contributed by atoms with Crippen molar-refractivity contribution in [3.05, 3.63) is 109 Å². The third kappa shape index (κ3) is 5.61. The van der Waals surface area contributed by atoms with E-state index in [1.807, 2.05) is 24.3 Å². The number of amides is 1. The zero-order valence-electron chi connectivity index (χ0n) is 17.1. The molecule has 9 heteroatoms. The molecular formula is C24H17Br2FN4O2. The van der Waals surface area contributed by atoms with E-state index in [0.717, 1.165) is 10.0 Å². The number of carbonyl (C=O) groups is 1. The summed E-state index contributed by atoms with van der Waals surface area (Å²) < 4.78 is 17.0. The normalized spacial score (nSPS) is 11.2. The van der Waals surface area contributed by atoms with Crippen molar-refractivity contribution in [2.24, 2.45) is 5.10 Å². The van der Waals surface area contributed by atoms with Crippen LogP contribution in [0.25, 0.3) is 10.8 Å². The average molecular weight is 572 g/mol. The minimum absolute atomic E-state index is 0.0571. The highest BCUT2D eigenvalue weighted by Crippen LogP contribution is 2.18. The highest BCUT2D eigenvalue weighted by atomic mass is 79.9. The number of nitrogens with one attached hydrogen (secondary N) is 1. The van der Waals surface area contributed by atoms with Crippen molar-refractivity contribution < 1.29 is 9.18 Å². The summed E-state index contributed by atoms with van der Waals surface area (Å²) in [7, 11) is 0. The van der Waals surface area contributed by atoms with Crippen LogP contribution in [0.2, 0.25) is 0 Å². The standard InChI is InChI=1S/C24H17Br2FN4O2/c25-17-5-3-4-15(10-17)13-28-29-23(32)12-22-19-6-1-2-7-20(19)24(33)31(30-22)14-16-8-9-18(26)11-21(16)27/h1-11,13H,12,14H2,(H,29,32)/b28-13+. The zero-order valence-corrected chi connectivity index (χ0v) is 20.3. The Morgan fingerprint density at radius 1 is 1.03 bits per heavy atom. The maximum Gasteiger partial charge on any atom is 0.274 e. The molecule has 0 aliphatic carbocycles. The van der Waals surface area contributed by atoms with E-state index in [1.54, 1.807) is 36.4 Å². The Hall–Kier alpha value is -3.17. The molecule has 0 saturated heterocycles. The van der Waals surface area contributed by atoms with Gasteiger partial charge in [-0.1, -0.05) is 68.3 Å². The van der Waals surface area contributed by atoms with Crippen LogP contribution in [-0.4, -0.2) is 21.9 Å². The van der Waals surface area contributed by atoms with Gasteiger partial charge in [0.1, 0.15) is 5.82 Å². The summed E-state index contributed by atoms with van der Waals surface area (Å²) in [5.41, 5.74) is 3.66. The molecule has 33 heavy (non-hydrogen) atoms. The van der Waals surface area contributed by atoms with Gasteiger partial charge in [-0.2, -0.15) is 10.2 Å². The summed E-state index contributed by atoms with van der Waals surface area (Å²) >= 11 is 6.61. The molecule has 166 valence electrons. The minimum atomic E-state index is -0.451. The van der Waals surface area contributed by atoms with Gasteiger partial charge in [0.2, 0.25) is 5.91 Å². The molecule has 0 bridgehead atoms. The number of rotatable bonds is 6. The van der Waals surface area contributed by atoms with E-state index in [9.17, 15) is 14.0 Å². The maximum atomic E-state index is 14.3. The van der Waals surface area contributed by atoms with Crippen molar-refractivity contribution >= 4 is 54.8 Å². The number of nitrogens with zero attached hydrogens (tertiary/aromatic N) is 3. The Labute approximate surface area is 205 Å². The van der Waals surface area contributed by atoms with Crippen LogP contribution in [0, 0.1) is 5.82 Å². The van der Waals surface area contributed by atoms with Crippen LogP contribution in [0.5, 0.6) is 0 Å². The molecule has 4 aromatic rings. The van der Waals surface area contributed by atoms with E-state index in [0.29, 0.717) is 26.5 Å². The van der Waals surface area contributed by atoms with Gasteiger partial charge in [-0.05, 0) is 35.9 Å². The van der Waals surface area contributed by atoms with Gasteiger partial charge in [-0.3, -0.25) is 9.59 Å². The summed E-state index contributed by atoms with van der Waals surface area (Å²) in [5, 5.41) is 9.35. The molecule has 0 spiro atoms. The van der Waals surface area contributed by atoms with Crippen molar-refractivity contribution in [2.75, 3.05) is 0 Å². The smallest absolute Gasteiger partial charge is 0.273 e. The molecule has 1 N–H and O–H groups in total. The number of benzene rings is 3. The fourth-order valence-corrected chi connectivity index (χ4v) is 4.06. The van der Waals surface area contributed by atoms with E-state index in [-0.39, 0.29) is 24.4 Å². The molecule has 0 radical (unpaired) electrons. The van der Waals surface area contributed by atoms with Crippen LogP contribution in [0.15, 0.2) is 85.6 Å². The Morgan fingerprint density at radius 3 is 2.55 bits per heavy atom. The van der Waals surface area contributed by atoms with Gasteiger partial charge >= 0.3 is 0 Å². The van der Waals surface area contributed by atoms with Crippen molar-refractivity contribution in [1.82, 2.24) is 15.2 Å². The molecule has 0 unspecified atom stereocenters. The topological polar surface area (TPSA) is 76.3 Å². The summed E-state index contributed by atoms with van der Waals surface area (Å²) in [6.45, 7) is -0.0571. The van der Waals surface area contributed by atoms with Crippen LogP contribution < -0.4 is 11.0 Å². The molecular weight excluding hydrogens is 555 g/mol. The number of carbonyl (C=O) groups excluding carboxylic acids is 1. The predicted molar refractivity (Wildman–Crippen MR) is 133 cm³/mol. The van der Waals surface area contributed by atoms with E-state index in [2.05, 4.69) is 47.5 Å². The molecule has 1 aromatic heterocycles. The maximum absolute atomic E-state index is 14.3. The predicted octanol–water partition coefficient (Wildman–Crippen LogP) is 4.80. The van der Waals surface area contributed by atoms with Crippen molar-refractivity contribution in [3.8, 4) is 0 Å². The fraction of sp³-hybridized carbons (Fsp3) is 0.0833. The SMILES string of the molecule is O=C(Cc1nn(Cc2ccc(Br)cc2F)c(=O)c2ccccc12)N/N=C/c1cccc(Br)c1. The summed E-state index contributed by atoms with van der Waals surface area (Å²) in [4.78, 5) is 25.5. The Balaban J connectivity index is 1.60. The van der Waals surface area contributed by atoms with Gasteiger partial charge in [0.05, 0.1) is 30.3 Å². The lowest BCUT2D eigenvalue weighted by atomic mass is 10.1. The van der Waals surface area contributed by atoms with Gasteiger partial charge in [0.25, 0.3) is 5.56 Å². The second-order valence-corrected chi connectivity index (χ2v) is 9.05. The van der Waals surface area contributed by atoms with Gasteiger partial charge in [0.15, 0.2) is 0 Å². The number of fused-ring (bicyclic) bond motifs is 1. The number of hydrazone groups is 1. The monoisotopic (exact) mass is 570 g/mol. The highest BCUT2D eigenvalue weighted by Gasteiger charge is 2.15. The largest absolute Gasteiger partial charge is 0.274 e. The summed E-state index contributed by atoms with van der Waals surface area (Å²) in [6, 6.07) is 19.0. The Morgan fingerprint density at radius 2 is 1.79 bits per heavy atom. The van der Waals surface area contributed by atoms with Gasteiger partial charge < -0.3 is 0 Å². The van der Waals surface area contributed by atoms with Crippen LogP contribution in [0.3, 0.4) is 0 Å². The lowest BCUT2D eigenvalue weighted by molar-refractivity contribution is -0.120. The second kappa shape index (κ2) is 10.2. The first-order valence-electron chi connectivity index (χ1n) is 9.91. The van der Waals surface area contributed by atoms with E-state index >= 15 is 0 Å². The second-order valence-electron chi connectivity index (χ2n) is 7.22. The number of hydrogen-bond donors (Lipinski definition) is 1. The van der Waals surface area contributed by atoms with Crippen molar-refractivity contribution in [1.29, 1.82) is 0 Å². The molecule has 1 amide bonds. The highest BCUT2D eigenvalue weighted by molar-refractivity contribution is 9.10. The fourth-order valence-electron chi connectivity index (χ4n) is 3.31. The van der Waals surface area contributed by atoms with E-state index in [4.69, 9.17) is 0 Å². The van der Waals surface area contributed by atoms with Gasteiger partial charge in [-0.15, -0.1) is 0 Å². The minimum Gasteiger partial charge on any atom is -0.273 e. The molecule has 0 aliphatic heterocycles. The van der Waals surface area contributed by atoms with Gasteiger partial charge in [0, 0.05) is 19.9 Å². The Bertz CT molecular complexity index is 1440. The molecule has 3 aromatic carbocycles. The lowest BCUT2D eigenvalue weighted by Crippen LogP contribution is -2.28. The molecule has 4 rings (SSSR count). The van der Waals surface area contributed by atoms with E-state index < -0.39 is 5.82 Å². The molecule has 0 saturated carbocycles. The summed E-state index contributed by atoms with van der Waals surface area (Å²) in [5.74, 6) is -0.841. The van der Waals surface area contributed by atoms with Crippen LogP contribution in [0.1, 0.15) is 16.8 Å². The molecule has 6 nitrogen and oxygen atoms in total. The summed E-state index contributed by atoms with van der Waals surface area (Å²) in [6.07, 6.45) is 1.44. The molecule has 0 fully saturated rings. The van der Waals surface area contributed by atoms with Gasteiger partial charge in [-0.25, -0.2) is 14.5 Å². The molecule has 0 aliphatic rings. The third-order valence-corrected chi connectivity index (χ3v) is 5.85. The van der Waals surface area contributed by atoms with Crippen molar-refractivity contribution in [2.45, 2.75) is 13.0 Å². The average Bonchev–Trinajstić information content (AvgIpc) is 2.79. The molecule has 0 atom stereocenters. The first-order valence-corrected chi connectivity index (χ1v) is 11.5. The number of halogens is 3. The van der Waals surface area contributed by atoms with E-state index in [1.165, 1.54) is 17.0 Å². The zero-order chi connectivity index (χ0) is 23.4. The number of hydrogen-bond acceptors (Lipinski definition) is 4. The van der Waals surface area contributed by atoms with Crippen LogP contribution >= 0.6 is 31.9 Å². The third-order valence-electron chi connectivity index (χ3n) is 4.86. The first-order chi connectivity index (χ1) is 15.9. The van der Waals surface area contributed by atoms with Crippen LogP contribution in [-0.2, 0) is 17.8 Å². The quantitative estimate of drug-likeness (QED) is 0.267. The number of aromatic nitrogens is 2. The van der Waals surface area contributed by atoms with Crippen LogP contribution in [0.4, 0.5) is 4.39 Å². The first kappa shape index (κ1) is 23.0.